The second-order valence-electron chi connectivity index (χ2n) is 8.03. The van der Waals surface area contributed by atoms with Gasteiger partial charge in [0.15, 0.2) is 5.96 Å². The van der Waals surface area contributed by atoms with E-state index in [2.05, 4.69) is 56.7 Å². The van der Waals surface area contributed by atoms with E-state index in [9.17, 15) is 5.11 Å². The number of β-amino-alcohol motifs (C(OH)–C–C–N with tert-alkyl or cyclic N) is 1. The number of fused-ring (bicyclic) bond motifs is 1. The summed E-state index contributed by atoms with van der Waals surface area (Å²) in [5.74, 6) is 0.743. The zero-order chi connectivity index (χ0) is 20.7. The van der Waals surface area contributed by atoms with E-state index in [4.69, 9.17) is 4.74 Å². The zero-order valence-electron chi connectivity index (χ0n) is 18.3. The third kappa shape index (κ3) is 7.11. The molecule has 0 bridgehead atoms. The Morgan fingerprint density at radius 1 is 1.27 bits per heavy atom. The van der Waals surface area contributed by atoms with E-state index >= 15 is 0 Å². The molecule has 1 aliphatic heterocycles. The predicted molar refractivity (Wildman–Crippen MR) is 134 cm³/mol. The van der Waals surface area contributed by atoms with Crippen molar-refractivity contribution in [2.75, 3.05) is 52.5 Å². The topological polar surface area (TPSA) is 84.9 Å². The Morgan fingerprint density at radius 3 is 2.73 bits per heavy atom. The summed E-state index contributed by atoms with van der Waals surface area (Å²) in [5.41, 5.74) is 2.86. The molecular formula is C22H36IN5O2. The molecule has 0 spiro atoms. The number of nitrogens with zero attached hydrogens (tertiary/aromatic N) is 2. The molecule has 1 unspecified atom stereocenters. The number of aliphatic hydroxyl groups is 1. The number of H-pyrrole nitrogens is 1. The van der Waals surface area contributed by atoms with Crippen LogP contribution in [0.25, 0.3) is 10.9 Å². The van der Waals surface area contributed by atoms with Gasteiger partial charge in [0.2, 0.25) is 0 Å². The summed E-state index contributed by atoms with van der Waals surface area (Å²) in [7, 11) is 0. The number of guanidine groups is 1. The standard InChI is InChI=1S/C22H35N5O2.HI/c1-4-23-21(25-15-22(3,28)16-27-11-13-29-14-12-27)24-10-9-18-17(2)26-20-8-6-5-7-19(18)20;/h5-8,26,28H,4,9-16H2,1-3H3,(H2,23,24,25);1H. The minimum atomic E-state index is -0.868. The average molecular weight is 529 g/mol. The first-order chi connectivity index (χ1) is 14.0. The van der Waals surface area contributed by atoms with Crippen LogP contribution < -0.4 is 10.6 Å². The number of para-hydroxylation sites is 1. The van der Waals surface area contributed by atoms with Crippen molar-refractivity contribution in [3.8, 4) is 0 Å². The average Bonchev–Trinajstić information content (AvgIpc) is 3.02. The molecule has 0 saturated carbocycles. The molecular weight excluding hydrogens is 493 g/mol. The summed E-state index contributed by atoms with van der Waals surface area (Å²) < 4.78 is 5.38. The van der Waals surface area contributed by atoms with E-state index in [1.165, 1.54) is 22.2 Å². The summed E-state index contributed by atoms with van der Waals surface area (Å²) in [4.78, 5) is 10.3. The molecule has 1 aliphatic rings. The van der Waals surface area contributed by atoms with Crippen LogP contribution in [0.15, 0.2) is 29.3 Å². The lowest BCUT2D eigenvalue weighted by molar-refractivity contribution is -0.0179. The number of morpholine rings is 1. The van der Waals surface area contributed by atoms with E-state index in [1.54, 1.807) is 0 Å². The maximum atomic E-state index is 10.8. The van der Waals surface area contributed by atoms with Gasteiger partial charge in [-0.05, 0) is 38.8 Å². The van der Waals surface area contributed by atoms with Crippen molar-refractivity contribution in [2.45, 2.75) is 32.8 Å². The number of aromatic nitrogens is 1. The van der Waals surface area contributed by atoms with E-state index in [0.29, 0.717) is 13.1 Å². The number of hydrogen-bond donors (Lipinski definition) is 4. The lowest BCUT2D eigenvalue weighted by Gasteiger charge is -2.33. The van der Waals surface area contributed by atoms with Gasteiger partial charge in [-0.1, -0.05) is 18.2 Å². The molecule has 1 aromatic carbocycles. The Hall–Kier alpha value is -1.36. The van der Waals surface area contributed by atoms with E-state index in [-0.39, 0.29) is 24.0 Å². The van der Waals surface area contributed by atoms with E-state index < -0.39 is 5.60 Å². The Morgan fingerprint density at radius 2 is 2.00 bits per heavy atom. The molecule has 2 heterocycles. The highest BCUT2D eigenvalue weighted by atomic mass is 127. The van der Waals surface area contributed by atoms with E-state index in [1.807, 2.05) is 13.8 Å². The minimum Gasteiger partial charge on any atom is -0.387 e. The van der Waals surface area contributed by atoms with Crippen molar-refractivity contribution in [1.29, 1.82) is 0 Å². The van der Waals surface area contributed by atoms with Gasteiger partial charge in [-0.15, -0.1) is 24.0 Å². The van der Waals surface area contributed by atoms with Gasteiger partial charge in [0.1, 0.15) is 0 Å². The van der Waals surface area contributed by atoms with Crippen LogP contribution in [-0.4, -0.2) is 79.0 Å². The van der Waals surface area contributed by atoms with Crippen LogP contribution >= 0.6 is 24.0 Å². The van der Waals surface area contributed by atoms with Crippen LogP contribution in [0.4, 0.5) is 0 Å². The van der Waals surface area contributed by atoms with Crippen LogP contribution in [0.2, 0.25) is 0 Å². The Kier molecular flexibility index (Phi) is 9.86. The van der Waals surface area contributed by atoms with Gasteiger partial charge in [-0.25, -0.2) is 0 Å². The zero-order valence-corrected chi connectivity index (χ0v) is 20.7. The fraction of sp³-hybridized carbons (Fsp3) is 0.591. The molecule has 1 aromatic heterocycles. The van der Waals surface area contributed by atoms with Gasteiger partial charge in [-0.3, -0.25) is 9.89 Å². The molecule has 3 rings (SSSR count). The largest absolute Gasteiger partial charge is 0.387 e. The summed E-state index contributed by atoms with van der Waals surface area (Å²) in [6, 6.07) is 8.41. The molecule has 168 valence electrons. The quantitative estimate of drug-likeness (QED) is 0.240. The van der Waals surface area contributed by atoms with Crippen molar-refractivity contribution in [1.82, 2.24) is 20.5 Å². The molecule has 4 N–H and O–H groups in total. The Bertz CT molecular complexity index is 815. The first kappa shape index (κ1) is 24.9. The molecule has 0 amide bonds. The number of halogens is 1. The van der Waals surface area contributed by atoms with Crippen LogP contribution in [0.3, 0.4) is 0 Å². The van der Waals surface area contributed by atoms with Crippen LogP contribution in [0, 0.1) is 6.92 Å². The number of aromatic amines is 1. The Balaban J connectivity index is 0.00000320. The fourth-order valence-corrected chi connectivity index (χ4v) is 3.84. The summed E-state index contributed by atoms with van der Waals surface area (Å²) in [6.45, 7) is 11.7. The summed E-state index contributed by atoms with van der Waals surface area (Å²) in [5, 5.41) is 18.7. The third-order valence-electron chi connectivity index (χ3n) is 5.28. The number of hydrogen-bond acceptors (Lipinski definition) is 4. The lowest BCUT2D eigenvalue weighted by Crippen LogP contribution is -2.48. The Labute approximate surface area is 196 Å². The molecule has 8 heteroatoms. The number of benzene rings is 1. The van der Waals surface area contributed by atoms with Gasteiger partial charge < -0.3 is 25.5 Å². The molecule has 7 nitrogen and oxygen atoms in total. The third-order valence-corrected chi connectivity index (χ3v) is 5.28. The number of aryl methyl sites for hydroxylation is 1. The molecule has 30 heavy (non-hydrogen) atoms. The van der Waals surface area contributed by atoms with Crippen molar-refractivity contribution < 1.29 is 9.84 Å². The number of nitrogens with one attached hydrogen (secondary N) is 3. The molecule has 1 atom stereocenters. The monoisotopic (exact) mass is 529 g/mol. The van der Waals surface area contributed by atoms with E-state index in [0.717, 1.165) is 51.8 Å². The fourth-order valence-electron chi connectivity index (χ4n) is 3.84. The molecule has 1 saturated heterocycles. The number of rotatable bonds is 8. The highest BCUT2D eigenvalue weighted by molar-refractivity contribution is 14.0. The summed E-state index contributed by atoms with van der Waals surface area (Å²) in [6.07, 6.45) is 0.907. The van der Waals surface area contributed by atoms with Gasteiger partial charge in [-0.2, -0.15) is 0 Å². The van der Waals surface area contributed by atoms with Crippen molar-refractivity contribution >= 4 is 40.8 Å². The predicted octanol–water partition coefficient (Wildman–Crippen LogP) is 2.28. The first-order valence-electron chi connectivity index (χ1n) is 10.6. The molecule has 1 fully saturated rings. The maximum Gasteiger partial charge on any atom is 0.191 e. The van der Waals surface area contributed by atoms with Crippen molar-refractivity contribution in [2.24, 2.45) is 4.99 Å². The van der Waals surface area contributed by atoms with Crippen LogP contribution in [0.5, 0.6) is 0 Å². The van der Waals surface area contributed by atoms with Crippen LogP contribution in [0.1, 0.15) is 25.1 Å². The smallest absolute Gasteiger partial charge is 0.191 e. The number of ether oxygens (including phenoxy) is 1. The molecule has 2 aromatic rings. The number of aliphatic imine (C=N–C) groups is 1. The second-order valence-corrected chi connectivity index (χ2v) is 8.03. The highest BCUT2D eigenvalue weighted by Crippen LogP contribution is 2.21. The lowest BCUT2D eigenvalue weighted by atomic mass is 10.1. The normalized spacial score (nSPS) is 17.4. The maximum absolute atomic E-state index is 10.8. The first-order valence-corrected chi connectivity index (χ1v) is 10.6. The van der Waals surface area contributed by atoms with Crippen molar-refractivity contribution in [3.63, 3.8) is 0 Å². The molecule has 0 radical (unpaired) electrons. The van der Waals surface area contributed by atoms with Gasteiger partial charge in [0, 0.05) is 49.3 Å². The van der Waals surface area contributed by atoms with Crippen LogP contribution in [-0.2, 0) is 11.2 Å². The van der Waals surface area contributed by atoms with Gasteiger partial charge in [0.05, 0.1) is 25.4 Å². The van der Waals surface area contributed by atoms with Gasteiger partial charge >= 0.3 is 0 Å². The van der Waals surface area contributed by atoms with Gasteiger partial charge in [0.25, 0.3) is 0 Å². The SMILES string of the molecule is CCNC(=NCC(C)(O)CN1CCOCC1)NCCc1c(C)[nH]c2ccccc12.I. The highest BCUT2D eigenvalue weighted by Gasteiger charge is 2.25. The second kappa shape index (κ2) is 11.9. The molecule has 0 aliphatic carbocycles. The minimum absolute atomic E-state index is 0. The summed E-state index contributed by atoms with van der Waals surface area (Å²) >= 11 is 0. The van der Waals surface area contributed by atoms with Crippen molar-refractivity contribution in [3.05, 3.63) is 35.5 Å².